The van der Waals surface area contributed by atoms with E-state index in [1.807, 2.05) is 0 Å². The molecule has 0 aromatic carbocycles. The lowest BCUT2D eigenvalue weighted by Crippen LogP contribution is -1.96. The number of hydrogen-bond donors (Lipinski definition) is 1. The lowest BCUT2D eigenvalue weighted by molar-refractivity contribution is 0.173. The fraction of sp³-hybridized carbons (Fsp3) is 1.00. The Morgan fingerprint density at radius 3 is 1.67 bits per heavy atom. The van der Waals surface area contributed by atoms with E-state index in [9.17, 15) is 13.5 Å². The maximum absolute atomic E-state index is 9.63. The van der Waals surface area contributed by atoms with Gasteiger partial charge >= 0.3 is 0 Å². The van der Waals surface area contributed by atoms with Gasteiger partial charge in [0.2, 0.25) is 0 Å². The third kappa shape index (κ3) is 2.17. The van der Waals surface area contributed by atoms with Crippen LogP contribution in [0.5, 0.6) is 0 Å². The molecule has 0 spiro atoms. The van der Waals surface area contributed by atoms with Crippen molar-refractivity contribution in [2.45, 2.75) is 12.4 Å². The van der Waals surface area contributed by atoms with Crippen molar-refractivity contribution in [3.05, 3.63) is 0 Å². The van der Waals surface area contributed by atoms with Gasteiger partial charge in [0.15, 0.2) is 16.1 Å². The van der Waals surface area contributed by atoms with Crippen LogP contribution in [0.3, 0.4) is 0 Å². The molecule has 4 heteroatoms. The number of thiol groups is 1. The summed E-state index contributed by atoms with van der Waals surface area (Å²) in [5.41, 5.74) is -1.44. The fourth-order valence-electron chi connectivity index (χ4n) is 0. The van der Waals surface area contributed by atoms with Crippen molar-refractivity contribution in [3.63, 3.8) is 0 Å². The van der Waals surface area contributed by atoms with Gasteiger partial charge in [-0.3, -0.25) is 0 Å². The maximum atomic E-state index is 9.63. The number of rotatable bonds is 1. The maximum Gasteiger partial charge on any atom is 0.188 e. The molecule has 0 rings (SSSR count). The molecule has 0 saturated heterocycles. The molecular weight excluding hydrogens is 104 g/mol. The molecule has 0 bridgehead atoms. The SMILES string of the molecule is CC([O])[SH](=O)=O. The van der Waals surface area contributed by atoms with Crippen molar-refractivity contribution in [2.75, 3.05) is 0 Å². The van der Waals surface area contributed by atoms with Crippen molar-refractivity contribution in [2.24, 2.45) is 0 Å². The van der Waals surface area contributed by atoms with E-state index in [2.05, 4.69) is 0 Å². The minimum absolute atomic E-state index is 1.09. The van der Waals surface area contributed by atoms with Crippen LogP contribution in [0, 0.1) is 0 Å². The lowest BCUT2D eigenvalue weighted by Gasteiger charge is -1.78. The Bertz CT molecular complexity index is 85.0. The van der Waals surface area contributed by atoms with Gasteiger partial charge in [0.25, 0.3) is 0 Å². The van der Waals surface area contributed by atoms with Crippen molar-refractivity contribution in [1.29, 1.82) is 0 Å². The van der Waals surface area contributed by atoms with Crippen LogP contribution in [0.4, 0.5) is 0 Å². The van der Waals surface area contributed by atoms with Crippen LogP contribution in [0.2, 0.25) is 0 Å². The van der Waals surface area contributed by atoms with E-state index in [-0.39, 0.29) is 0 Å². The van der Waals surface area contributed by atoms with Crippen molar-refractivity contribution < 1.29 is 13.5 Å². The molecule has 0 amide bonds. The molecule has 0 aliphatic heterocycles. The summed E-state index contributed by atoms with van der Waals surface area (Å²) in [4.78, 5) is 0. The van der Waals surface area contributed by atoms with Crippen molar-refractivity contribution >= 4 is 10.7 Å². The highest BCUT2D eigenvalue weighted by Crippen LogP contribution is 1.75. The van der Waals surface area contributed by atoms with E-state index in [1.54, 1.807) is 0 Å². The van der Waals surface area contributed by atoms with Gasteiger partial charge in [0.05, 0.1) is 0 Å². The van der Waals surface area contributed by atoms with Crippen LogP contribution in [-0.2, 0) is 15.8 Å². The molecule has 0 heterocycles. The molecular formula is C2H5O3S. The average Bonchev–Trinajstić information content (AvgIpc) is 1.36. The van der Waals surface area contributed by atoms with E-state index >= 15 is 0 Å². The molecule has 0 aromatic heterocycles. The van der Waals surface area contributed by atoms with E-state index < -0.39 is 16.1 Å². The summed E-state index contributed by atoms with van der Waals surface area (Å²) >= 11 is 0. The molecule has 0 aliphatic carbocycles. The van der Waals surface area contributed by atoms with Gasteiger partial charge < -0.3 is 0 Å². The second-order valence-corrected chi connectivity index (χ2v) is 2.18. The highest BCUT2D eigenvalue weighted by Gasteiger charge is 1.94. The first-order valence-corrected chi connectivity index (χ1v) is 2.68. The van der Waals surface area contributed by atoms with E-state index in [1.165, 1.54) is 0 Å². The van der Waals surface area contributed by atoms with E-state index in [0.29, 0.717) is 0 Å². The van der Waals surface area contributed by atoms with Crippen LogP contribution in [-0.4, -0.2) is 13.9 Å². The van der Waals surface area contributed by atoms with Crippen LogP contribution in [0.25, 0.3) is 0 Å². The van der Waals surface area contributed by atoms with Gasteiger partial charge in [-0.15, -0.1) is 0 Å². The molecule has 0 N–H and O–H groups in total. The van der Waals surface area contributed by atoms with Crippen molar-refractivity contribution in [1.82, 2.24) is 0 Å². The largest absolute Gasteiger partial charge is 0.229 e. The summed E-state index contributed by atoms with van der Waals surface area (Å²) in [6, 6.07) is 0. The van der Waals surface area contributed by atoms with Gasteiger partial charge in [0, 0.05) is 0 Å². The van der Waals surface area contributed by atoms with Crippen LogP contribution < -0.4 is 0 Å². The second kappa shape index (κ2) is 2.15. The van der Waals surface area contributed by atoms with Gasteiger partial charge in [-0.25, -0.2) is 13.5 Å². The zero-order valence-electron chi connectivity index (χ0n) is 3.25. The average molecular weight is 109 g/mol. The molecule has 6 heavy (non-hydrogen) atoms. The summed E-state index contributed by atoms with van der Waals surface area (Å²) in [6.07, 6.45) is 0. The molecule has 37 valence electrons. The Kier molecular flexibility index (Phi) is 2.12. The number of hydrogen-bond acceptors (Lipinski definition) is 2. The smallest absolute Gasteiger partial charge is 0.188 e. The highest BCUT2D eigenvalue weighted by atomic mass is 32.2. The van der Waals surface area contributed by atoms with E-state index in [4.69, 9.17) is 0 Å². The Balaban J connectivity index is 3.57. The predicted octanol–water partition coefficient (Wildman–Crippen LogP) is -0.626. The van der Waals surface area contributed by atoms with Crippen LogP contribution in [0.1, 0.15) is 6.92 Å². The molecule has 3 nitrogen and oxygen atoms in total. The summed E-state index contributed by atoms with van der Waals surface area (Å²) in [5.74, 6) is 0. The van der Waals surface area contributed by atoms with Crippen LogP contribution in [0.15, 0.2) is 0 Å². The summed E-state index contributed by atoms with van der Waals surface area (Å²) in [5, 5.41) is 9.63. The lowest BCUT2D eigenvalue weighted by atomic mass is 10.9. The standard InChI is InChI=1S/C2H5O3S/c1-2(3)6(4)5/h2,6H,1H3. The topological polar surface area (TPSA) is 54.0 Å². The molecule has 0 aromatic rings. The first kappa shape index (κ1) is 5.91. The quantitative estimate of drug-likeness (QED) is 0.456. The third-order valence-corrected chi connectivity index (χ3v) is 0.891. The molecule has 1 unspecified atom stereocenters. The van der Waals surface area contributed by atoms with Gasteiger partial charge in [-0.1, -0.05) is 0 Å². The van der Waals surface area contributed by atoms with Crippen molar-refractivity contribution in [3.8, 4) is 0 Å². The van der Waals surface area contributed by atoms with Gasteiger partial charge in [-0.2, -0.15) is 0 Å². The van der Waals surface area contributed by atoms with Gasteiger partial charge in [-0.05, 0) is 6.92 Å². The second-order valence-electron chi connectivity index (χ2n) is 0.885. The third-order valence-electron chi connectivity index (χ3n) is 0.297. The summed E-state index contributed by atoms with van der Waals surface area (Å²) < 4.78 is 18.8. The highest BCUT2D eigenvalue weighted by molar-refractivity contribution is 7.72. The Morgan fingerprint density at radius 1 is 1.50 bits per heavy atom. The minimum atomic E-state index is -2.72. The Hall–Kier alpha value is -0.0900. The van der Waals surface area contributed by atoms with Gasteiger partial charge in [0.1, 0.15) is 0 Å². The van der Waals surface area contributed by atoms with E-state index in [0.717, 1.165) is 6.92 Å². The predicted molar refractivity (Wildman–Crippen MR) is 20.5 cm³/mol. The Labute approximate surface area is 37.6 Å². The first-order valence-electron chi connectivity index (χ1n) is 1.44. The normalized spacial score (nSPS) is 15.2. The zero-order valence-corrected chi connectivity index (χ0v) is 4.14. The summed E-state index contributed by atoms with van der Waals surface area (Å²) in [7, 11) is -2.72. The molecule has 0 aliphatic rings. The van der Waals surface area contributed by atoms with Crippen LogP contribution >= 0.6 is 0 Å². The Morgan fingerprint density at radius 2 is 1.67 bits per heavy atom. The molecule has 0 saturated carbocycles. The monoisotopic (exact) mass is 109 g/mol. The fourth-order valence-corrected chi connectivity index (χ4v) is 0. The zero-order chi connectivity index (χ0) is 5.15. The first-order chi connectivity index (χ1) is 2.64. The summed E-state index contributed by atoms with van der Waals surface area (Å²) in [6.45, 7) is 1.09. The minimum Gasteiger partial charge on any atom is -0.229 e. The molecule has 0 fully saturated rings. The molecule has 1 atom stereocenters. The molecule has 1 radical (unpaired) electrons.